The highest BCUT2D eigenvalue weighted by Crippen LogP contribution is 2.29. The van der Waals surface area contributed by atoms with Crippen LogP contribution in [0.2, 0.25) is 5.02 Å². The van der Waals surface area contributed by atoms with Crippen molar-refractivity contribution in [3.63, 3.8) is 0 Å². The van der Waals surface area contributed by atoms with E-state index in [4.69, 9.17) is 11.6 Å². The third-order valence-electron chi connectivity index (χ3n) is 4.54. The number of urea groups is 1. The molecule has 3 N–H and O–H groups in total. The number of benzene rings is 1. The largest absolute Gasteiger partial charge is 0.359 e. The minimum atomic E-state index is -0.287. The van der Waals surface area contributed by atoms with Gasteiger partial charge in [0.15, 0.2) is 0 Å². The lowest BCUT2D eigenvalue weighted by Gasteiger charge is -2.29. The van der Waals surface area contributed by atoms with Gasteiger partial charge in [-0.3, -0.25) is 4.79 Å². The molecule has 2 heterocycles. The monoisotopic (exact) mass is 421 g/mol. The Kier molecular flexibility index (Phi) is 6.77. The molecule has 1 fully saturated rings. The Hall–Kier alpha value is -2.29. The lowest BCUT2D eigenvalue weighted by molar-refractivity contribution is -0.120. The fraction of sp³-hybridized carbons (Fsp3) is 0.368. The molecule has 3 amide bonds. The highest BCUT2D eigenvalue weighted by molar-refractivity contribution is 7.10. The average Bonchev–Trinajstić information content (AvgIpc) is 3.16. The molecule has 0 unspecified atom stereocenters. The number of halogens is 1. The Morgan fingerprint density at radius 3 is 2.86 bits per heavy atom. The normalized spacial score (nSPS) is 15.3. The molecule has 0 radical (unpaired) electrons. The predicted octanol–water partition coefficient (Wildman–Crippen LogP) is 2.76. The molecule has 1 saturated heterocycles. The van der Waals surface area contributed by atoms with Crippen LogP contribution in [0.25, 0.3) is 0 Å². The zero-order valence-corrected chi connectivity index (χ0v) is 17.4. The average molecular weight is 422 g/mol. The quantitative estimate of drug-likeness (QED) is 0.670. The second-order valence-corrected chi connectivity index (χ2v) is 8.15. The maximum absolute atomic E-state index is 12.3. The number of thiophene rings is 1. The Bertz CT molecular complexity index is 828. The van der Waals surface area contributed by atoms with Crippen LogP contribution in [0.15, 0.2) is 35.7 Å². The molecule has 0 spiro atoms. The number of hydrogen-bond acceptors (Lipinski definition) is 5. The van der Waals surface area contributed by atoms with Crippen LogP contribution < -0.4 is 20.9 Å². The second kappa shape index (κ2) is 9.27. The number of carbonyl (C=O) groups excluding carboxylic acids is 2. The molecule has 7 nitrogen and oxygen atoms in total. The van der Waals surface area contributed by atoms with Gasteiger partial charge in [0, 0.05) is 30.2 Å². The second-order valence-electron chi connectivity index (χ2n) is 6.77. The number of carbonyl (C=O) groups is 2. The van der Waals surface area contributed by atoms with Gasteiger partial charge in [-0.2, -0.15) is 0 Å². The Morgan fingerprint density at radius 1 is 1.39 bits per heavy atom. The molecule has 0 aliphatic carbocycles. The van der Waals surface area contributed by atoms with Crippen LogP contribution in [-0.4, -0.2) is 57.1 Å². The van der Waals surface area contributed by atoms with E-state index in [2.05, 4.69) is 26.9 Å². The first kappa shape index (κ1) is 20.4. The SMILES string of the molecule is CN(C)[C@@H](CNC(=O)Nc1ccc(N2CCNC(=O)C2)c(Cl)c1)c1cccs1. The summed E-state index contributed by atoms with van der Waals surface area (Å²) in [6.45, 7) is 2.07. The van der Waals surface area contributed by atoms with Crippen molar-refractivity contribution in [2.75, 3.05) is 50.5 Å². The van der Waals surface area contributed by atoms with E-state index in [0.29, 0.717) is 30.3 Å². The molecule has 1 atom stereocenters. The first-order chi connectivity index (χ1) is 13.4. The van der Waals surface area contributed by atoms with Crippen molar-refractivity contribution < 1.29 is 9.59 Å². The molecule has 9 heteroatoms. The lowest BCUT2D eigenvalue weighted by atomic mass is 10.2. The third kappa shape index (κ3) is 5.15. The van der Waals surface area contributed by atoms with Crippen LogP contribution in [0.5, 0.6) is 0 Å². The van der Waals surface area contributed by atoms with Gasteiger partial charge < -0.3 is 25.8 Å². The maximum atomic E-state index is 12.3. The molecule has 3 rings (SSSR count). The van der Waals surface area contributed by atoms with E-state index in [-0.39, 0.29) is 24.5 Å². The number of nitrogens with one attached hydrogen (secondary N) is 3. The molecule has 0 saturated carbocycles. The van der Waals surface area contributed by atoms with Gasteiger partial charge in [0.2, 0.25) is 5.91 Å². The summed E-state index contributed by atoms with van der Waals surface area (Å²) in [6.07, 6.45) is 0. The summed E-state index contributed by atoms with van der Waals surface area (Å²) in [6, 6.07) is 9.21. The number of piperazine rings is 1. The number of likely N-dealkylation sites (N-methyl/N-ethyl adjacent to an activating group) is 1. The van der Waals surface area contributed by atoms with Crippen LogP contribution in [-0.2, 0) is 4.79 Å². The molecule has 28 heavy (non-hydrogen) atoms. The van der Waals surface area contributed by atoms with E-state index >= 15 is 0 Å². The summed E-state index contributed by atoms with van der Waals surface area (Å²) in [5.74, 6) is -0.0231. The summed E-state index contributed by atoms with van der Waals surface area (Å²) >= 11 is 8.05. The Morgan fingerprint density at radius 2 is 2.21 bits per heavy atom. The summed E-state index contributed by atoms with van der Waals surface area (Å²) in [5.41, 5.74) is 1.39. The van der Waals surface area contributed by atoms with Crippen molar-refractivity contribution in [2.45, 2.75) is 6.04 Å². The molecule has 1 aliphatic rings. The zero-order chi connectivity index (χ0) is 20.1. The van der Waals surface area contributed by atoms with E-state index < -0.39 is 0 Å². The number of anilines is 2. The summed E-state index contributed by atoms with van der Waals surface area (Å²) in [5, 5.41) is 11.0. The fourth-order valence-corrected chi connectivity index (χ4v) is 4.29. The van der Waals surface area contributed by atoms with Gasteiger partial charge in [0.05, 0.1) is 23.3 Å². The summed E-state index contributed by atoms with van der Waals surface area (Å²) in [7, 11) is 3.98. The molecule has 1 aromatic heterocycles. The Labute approximate surface area is 173 Å². The van der Waals surface area contributed by atoms with Crippen molar-refractivity contribution in [1.82, 2.24) is 15.5 Å². The van der Waals surface area contributed by atoms with E-state index in [1.807, 2.05) is 36.5 Å². The molecular weight excluding hydrogens is 398 g/mol. The van der Waals surface area contributed by atoms with E-state index in [1.54, 1.807) is 23.5 Å². The van der Waals surface area contributed by atoms with Crippen LogP contribution in [0.1, 0.15) is 10.9 Å². The molecule has 2 aromatic rings. The van der Waals surface area contributed by atoms with E-state index in [0.717, 1.165) is 5.69 Å². The number of amides is 3. The van der Waals surface area contributed by atoms with Crippen LogP contribution in [0.3, 0.4) is 0 Å². The molecule has 0 bridgehead atoms. The van der Waals surface area contributed by atoms with Crippen LogP contribution in [0, 0.1) is 0 Å². The van der Waals surface area contributed by atoms with Gasteiger partial charge >= 0.3 is 6.03 Å². The van der Waals surface area contributed by atoms with E-state index in [1.165, 1.54) is 4.88 Å². The van der Waals surface area contributed by atoms with Crippen molar-refractivity contribution in [2.24, 2.45) is 0 Å². The van der Waals surface area contributed by atoms with Crippen LogP contribution in [0.4, 0.5) is 16.2 Å². The van der Waals surface area contributed by atoms with Crippen molar-refractivity contribution in [3.8, 4) is 0 Å². The van der Waals surface area contributed by atoms with Crippen molar-refractivity contribution in [1.29, 1.82) is 0 Å². The van der Waals surface area contributed by atoms with Crippen LogP contribution >= 0.6 is 22.9 Å². The lowest BCUT2D eigenvalue weighted by Crippen LogP contribution is -2.47. The molecule has 1 aliphatic heterocycles. The summed E-state index contributed by atoms with van der Waals surface area (Å²) in [4.78, 5) is 29.1. The number of hydrogen-bond donors (Lipinski definition) is 3. The highest BCUT2D eigenvalue weighted by atomic mass is 35.5. The predicted molar refractivity (Wildman–Crippen MR) is 114 cm³/mol. The summed E-state index contributed by atoms with van der Waals surface area (Å²) < 4.78 is 0. The number of nitrogens with zero attached hydrogens (tertiary/aromatic N) is 2. The minimum absolute atomic E-state index is 0.0231. The molecule has 150 valence electrons. The van der Waals surface area contributed by atoms with Gasteiger partial charge in [-0.25, -0.2) is 4.79 Å². The van der Waals surface area contributed by atoms with Gasteiger partial charge in [-0.15, -0.1) is 11.3 Å². The van der Waals surface area contributed by atoms with Gasteiger partial charge in [0.25, 0.3) is 0 Å². The standard InChI is InChI=1S/C19H24ClN5O2S/c1-24(2)16(17-4-3-9-28-17)11-22-19(27)23-13-5-6-15(14(20)10-13)25-8-7-21-18(26)12-25/h3-6,9-10,16H,7-8,11-12H2,1-2H3,(H,21,26)(H2,22,23,27)/t16-/m0/s1. The van der Waals surface area contributed by atoms with Gasteiger partial charge in [-0.05, 0) is 43.7 Å². The maximum Gasteiger partial charge on any atom is 0.319 e. The van der Waals surface area contributed by atoms with Gasteiger partial charge in [-0.1, -0.05) is 17.7 Å². The molecular formula is C19H24ClN5O2S. The Balaban J connectivity index is 1.58. The van der Waals surface area contributed by atoms with E-state index in [9.17, 15) is 9.59 Å². The van der Waals surface area contributed by atoms with Crippen molar-refractivity contribution in [3.05, 3.63) is 45.6 Å². The topological polar surface area (TPSA) is 76.7 Å². The van der Waals surface area contributed by atoms with Crippen molar-refractivity contribution >= 4 is 46.3 Å². The van der Waals surface area contributed by atoms with Gasteiger partial charge in [0.1, 0.15) is 0 Å². The first-order valence-electron chi connectivity index (χ1n) is 9.00. The smallest absolute Gasteiger partial charge is 0.319 e. The minimum Gasteiger partial charge on any atom is -0.359 e. The highest BCUT2D eigenvalue weighted by Gasteiger charge is 2.19. The first-order valence-corrected chi connectivity index (χ1v) is 10.3. The molecule has 1 aromatic carbocycles. The third-order valence-corrected chi connectivity index (χ3v) is 5.81. The zero-order valence-electron chi connectivity index (χ0n) is 15.9. The number of rotatable bonds is 6. The fourth-order valence-electron chi connectivity index (χ4n) is 3.07.